The van der Waals surface area contributed by atoms with Gasteiger partial charge in [-0.1, -0.05) is 36.4 Å². The van der Waals surface area contributed by atoms with Crippen LogP contribution in [0.15, 0.2) is 77.8 Å². The van der Waals surface area contributed by atoms with Gasteiger partial charge in [0.05, 0.1) is 12.7 Å². The number of hydrogen-bond donors (Lipinski definition) is 0. The highest BCUT2D eigenvalue weighted by molar-refractivity contribution is 7.89. The highest BCUT2D eigenvalue weighted by Crippen LogP contribution is 2.37. The molecule has 2 heterocycles. The van der Waals surface area contributed by atoms with E-state index in [4.69, 9.17) is 4.74 Å². The molecule has 5 nitrogen and oxygen atoms in total. The Kier molecular flexibility index (Phi) is 7.00. The van der Waals surface area contributed by atoms with Crippen molar-refractivity contribution in [2.45, 2.75) is 43.3 Å². The maximum atomic E-state index is 13.4. The number of methoxy groups -OCH3 is 1. The Hall–Kier alpha value is -3.30. The zero-order valence-corrected chi connectivity index (χ0v) is 22.0. The average molecular weight is 543 g/mol. The zero-order chi connectivity index (χ0) is 27.1. The summed E-state index contributed by atoms with van der Waals surface area (Å²) in [5.74, 6) is 0.513. The lowest BCUT2D eigenvalue weighted by molar-refractivity contribution is -0.137. The van der Waals surface area contributed by atoms with Gasteiger partial charge in [0.25, 0.3) is 0 Å². The van der Waals surface area contributed by atoms with Crippen LogP contribution in [0.25, 0.3) is 10.9 Å². The number of hydrogen-bond acceptors (Lipinski definition) is 3. The molecule has 0 radical (unpaired) electrons. The Labute approximate surface area is 220 Å². The van der Waals surface area contributed by atoms with Crippen molar-refractivity contribution >= 4 is 20.9 Å². The number of para-hydroxylation sites is 1. The second-order valence-electron chi connectivity index (χ2n) is 9.76. The molecule has 1 aliphatic rings. The number of halogens is 3. The van der Waals surface area contributed by atoms with Crippen molar-refractivity contribution in [3.05, 3.63) is 95.2 Å². The van der Waals surface area contributed by atoms with Crippen LogP contribution >= 0.6 is 0 Å². The number of rotatable bonds is 6. The van der Waals surface area contributed by atoms with Crippen LogP contribution in [0.2, 0.25) is 0 Å². The van der Waals surface area contributed by atoms with E-state index in [1.54, 1.807) is 18.2 Å². The van der Waals surface area contributed by atoms with Crippen molar-refractivity contribution in [1.82, 2.24) is 8.87 Å². The molecule has 0 unspecified atom stereocenters. The van der Waals surface area contributed by atoms with E-state index >= 15 is 0 Å². The van der Waals surface area contributed by atoms with Gasteiger partial charge < -0.3 is 9.30 Å². The monoisotopic (exact) mass is 542 g/mol. The molecule has 4 aromatic rings. The van der Waals surface area contributed by atoms with Crippen LogP contribution in [0.1, 0.15) is 41.0 Å². The highest BCUT2D eigenvalue weighted by Gasteiger charge is 2.33. The molecule has 0 aliphatic carbocycles. The van der Waals surface area contributed by atoms with Crippen molar-refractivity contribution in [3.8, 4) is 5.75 Å². The van der Waals surface area contributed by atoms with Crippen LogP contribution in [0.5, 0.6) is 5.75 Å². The number of sulfonamides is 1. The number of fused-ring (bicyclic) bond motifs is 1. The summed E-state index contributed by atoms with van der Waals surface area (Å²) in [5, 5.41) is 1.08. The van der Waals surface area contributed by atoms with Crippen molar-refractivity contribution in [1.29, 1.82) is 0 Å². The minimum Gasteiger partial charge on any atom is -0.495 e. The summed E-state index contributed by atoms with van der Waals surface area (Å²) in [6.45, 7) is 3.11. The molecule has 0 saturated carbocycles. The molecular weight excluding hydrogens is 513 g/mol. The molecule has 0 spiro atoms. The summed E-state index contributed by atoms with van der Waals surface area (Å²) in [5.41, 5.74) is 3.18. The van der Waals surface area contributed by atoms with Crippen LogP contribution in [0, 0.1) is 6.92 Å². The van der Waals surface area contributed by atoms with Gasteiger partial charge >= 0.3 is 6.18 Å². The fourth-order valence-electron chi connectivity index (χ4n) is 5.26. The molecule has 0 atom stereocenters. The number of ether oxygens (including phenoxy) is 1. The van der Waals surface area contributed by atoms with E-state index in [0.29, 0.717) is 38.2 Å². The van der Waals surface area contributed by atoms with Gasteiger partial charge in [0.2, 0.25) is 10.0 Å². The van der Waals surface area contributed by atoms with Gasteiger partial charge in [-0.05, 0) is 72.7 Å². The van der Waals surface area contributed by atoms with Crippen LogP contribution in [-0.4, -0.2) is 37.5 Å². The topological polar surface area (TPSA) is 51.5 Å². The molecule has 0 amide bonds. The third kappa shape index (κ3) is 5.05. The standard InChI is InChI=1S/C29H29F3N2O3S/c1-20-7-12-28(27(17-20)37-2)38(35,36)34-15-13-22(14-16-34)25-19-33(26-6-4-3-5-24(25)26)18-21-8-10-23(11-9-21)29(30,31)32/h3-12,17,19,22H,13-16,18H2,1-2H3. The SMILES string of the molecule is COc1cc(C)ccc1S(=O)(=O)N1CCC(c2cn(Cc3ccc(C(F)(F)F)cc3)c3ccccc23)CC1. The number of aromatic nitrogens is 1. The molecule has 0 bridgehead atoms. The van der Waals surface area contributed by atoms with Crippen LogP contribution < -0.4 is 4.74 Å². The lowest BCUT2D eigenvalue weighted by Crippen LogP contribution is -2.38. The molecule has 9 heteroatoms. The first-order valence-electron chi connectivity index (χ1n) is 12.5. The first-order valence-corrected chi connectivity index (χ1v) is 13.9. The number of nitrogens with zero attached hydrogens (tertiary/aromatic N) is 2. The van der Waals surface area contributed by atoms with Gasteiger partial charge in [0.1, 0.15) is 10.6 Å². The van der Waals surface area contributed by atoms with E-state index < -0.39 is 21.8 Å². The highest BCUT2D eigenvalue weighted by atomic mass is 32.2. The van der Waals surface area contributed by atoms with Crippen molar-refractivity contribution in [3.63, 3.8) is 0 Å². The van der Waals surface area contributed by atoms with E-state index in [0.717, 1.165) is 39.7 Å². The Morgan fingerprint density at radius 3 is 2.32 bits per heavy atom. The van der Waals surface area contributed by atoms with E-state index in [2.05, 4.69) is 10.8 Å². The normalized spacial score (nSPS) is 15.7. The molecule has 1 aliphatic heterocycles. The van der Waals surface area contributed by atoms with E-state index in [1.807, 2.05) is 31.2 Å². The smallest absolute Gasteiger partial charge is 0.416 e. The summed E-state index contributed by atoms with van der Waals surface area (Å²) in [7, 11) is -2.22. The average Bonchev–Trinajstić information content (AvgIpc) is 3.26. The van der Waals surface area contributed by atoms with Gasteiger partial charge in [-0.2, -0.15) is 17.5 Å². The van der Waals surface area contributed by atoms with Crippen molar-refractivity contribution < 1.29 is 26.3 Å². The second-order valence-corrected chi connectivity index (χ2v) is 11.7. The Bertz CT molecular complexity index is 1550. The van der Waals surface area contributed by atoms with Gasteiger partial charge in [0, 0.05) is 36.7 Å². The predicted octanol–water partition coefficient (Wildman–Crippen LogP) is 6.59. The van der Waals surface area contributed by atoms with Gasteiger partial charge in [-0.25, -0.2) is 8.42 Å². The summed E-state index contributed by atoms with van der Waals surface area (Å²) >= 11 is 0. The van der Waals surface area contributed by atoms with Crippen molar-refractivity contribution in [2.24, 2.45) is 0 Å². The fourth-order valence-corrected chi connectivity index (χ4v) is 6.87. The second kappa shape index (κ2) is 10.1. The lowest BCUT2D eigenvalue weighted by atomic mass is 9.90. The molecule has 5 rings (SSSR count). The molecule has 1 aromatic heterocycles. The third-order valence-electron chi connectivity index (χ3n) is 7.28. The van der Waals surface area contributed by atoms with E-state index in [-0.39, 0.29) is 10.8 Å². The molecule has 1 saturated heterocycles. The molecule has 1 fully saturated rings. The first kappa shape index (κ1) is 26.3. The van der Waals surface area contributed by atoms with Crippen molar-refractivity contribution in [2.75, 3.05) is 20.2 Å². The molecule has 200 valence electrons. The molecule has 38 heavy (non-hydrogen) atoms. The summed E-state index contributed by atoms with van der Waals surface area (Å²) in [6.07, 6.45) is -0.956. The molecular formula is C29H29F3N2O3S. The quantitative estimate of drug-likeness (QED) is 0.276. The molecule has 3 aromatic carbocycles. The van der Waals surface area contributed by atoms with Crippen LogP contribution in [0.4, 0.5) is 13.2 Å². The number of benzene rings is 3. The maximum Gasteiger partial charge on any atom is 0.416 e. The van der Waals surface area contributed by atoms with Crippen LogP contribution in [-0.2, 0) is 22.7 Å². The summed E-state index contributed by atoms with van der Waals surface area (Å²) in [6, 6.07) is 18.3. The Morgan fingerprint density at radius 1 is 0.974 bits per heavy atom. The van der Waals surface area contributed by atoms with E-state index in [9.17, 15) is 21.6 Å². The van der Waals surface area contributed by atoms with Crippen LogP contribution in [0.3, 0.4) is 0 Å². The van der Waals surface area contributed by atoms with Gasteiger partial charge in [0.15, 0.2) is 0 Å². The number of aryl methyl sites for hydroxylation is 1. The Morgan fingerprint density at radius 2 is 1.66 bits per heavy atom. The van der Waals surface area contributed by atoms with Gasteiger partial charge in [-0.3, -0.25) is 0 Å². The summed E-state index contributed by atoms with van der Waals surface area (Å²) in [4.78, 5) is 0.178. The number of piperidine rings is 1. The minimum atomic E-state index is -4.36. The fraction of sp³-hybridized carbons (Fsp3) is 0.310. The Balaban J connectivity index is 1.36. The molecule has 0 N–H and O–H groups in total. The number of alkyl halides is 3. The van der Waals surface area contributed by atoms with E-state index in [1.165, 1.54) is 23.5 Å². The summed E-state index contributed by atoms with van der Waals surface area (Å²) < 4.78 is 74.6. The third-order valence-corrected chi connectivity index (χ3v) is 9.22. The first-order chi connectivity index (χ1) is 18.1. The lowest BCUT2D eigenvalue weighted by Gasteiger charge is -2.31. The minimum absolute atomic E-state index is 0.167. The maximum absolute atomic E-state index is 13.4. The largest absolute Gasteiger partial charge is 0.495 e. The predicted molar refractivity (Wildman–Crippen MR) is 141 cm³/mol. The zero-order valence-electron chi connectivity index (χ0n) is 21.2. The van der Waals surface area contributed by atoms with Gasteiger partial charge in [-0.15, -0.1) is 0 Å².